The molecule has 0 amide bonds. The molecule has 0 bridgehead atoms. The number of nitrogens with zero attached hydrogens (tertiary/aromatic N) is 1. The van der Waals surface area contributed by atoms with Gasteiger partial charge in [0.25, 0.3) is 0 Å². The molecule has 1 nitrogen and oxygen atoms in total. The summed E-state index contributed by atoms with van der Waals surface area (Å²) in [6.45, 7) is 0. The van der Waals surface area contributed by atoms with Gasteiger partial charge in [-0.25, -0.2) is 0 Å². The van der Waals surface area contributed by atoms with E-state index in [1.165, 1.54) is 81.9 Å². The summed E-state index contributed by atoms with van der Waals surface area (Å²) >= 11 is 0. The van der Waals surface area contributed by atoms with Crippen LogP contribution < -0.4 is 0 Å². The van der Waals surface area contributed by atoms with Crippen molar-refractivity contribution in [2.45, 2.75) is 0 Å². The summed E-state index contributed by atoms with van der Waals surface area (Å²) < 4.78 is 0. The molecule has 0 unspecified atom stereocenters. The lowest BCUT2D eigenvalue weighted by Gasteiger charge is -2.17. The Hall–Kier alpha value is -6.57. The Balaban J connectivity index is 1.28. The molecule has 0 spiro atoms. The van der Waals surface area contributed by atoms with E-state index in [0.717, 1.165) is 16.6 Å². The first-order chi connectivity index (χ1) is 24.8. The van der Waals surface area contributed by atoms with E-state index in [1.54, 1.807) is 0 Å². The fraction of sp³-hybridized carbons (Fsp3) is 0. The zero-order chi connectivity index (χ0) is 33.0. The van der Waals surface area contributed by atoms with E-state index < -0.39 is 0 Å². The molecule has 0 saturated carbocycles. The lowest BCUT2D eigenvalue weighted by atomic mass is 9.87. The second-order valence-electron chi connectivity index (χ2n) is 13.1. The van der Waals surface area contributed by atoms with E-state index in [9.17, 15) is 0 Å². The third-order valence-electron chi connectivity index (χ3n) is 10.2. The minimum atomic E-state index is 0.963. The highest BCUT2D eigenvalue weighted by molar-refractivity contribution is 6.18. The number of rotatable bonds is 4. The summed E-state index contributed by atoms with van der Waals surface area (Å²) in [4.78, 5) is 5.11. The molecule has 232 valence electrons. The second kappa shape index (κ2) is 11.5. The number of hydrogen-bond donors (Lipinski definition) is 0. The van der Waals surface area contributed by atoms with Gasteiger partial charge in [0, 0.05) is 17.1 Å². The molecule has 1 heterocycles. The molecule has 50 heavy (non-hydrogen) atoms. The largest absolute Gasteiger partial charge is 0.256 e. The van der Waals surface area contributed by atoms with Crippen LogP contribution in [-0.4, -0.2) is 4.98 Å². The van der Waals surface area contributed by atoms with Crippen LogP contribution in [0.4, 0.5) is 0 Å². The smallest absolute Gasteiger partial charge is 0.0708 e. The summed E-state index contributed by atoms with van der Waals surface area (Å²) in [6, 6.07) is 66.2. The van der Waals surface area contributed by atoms with Crippen LogP contribution in [0.5, 0.6) is 0 Å². The highest BCUT2D eigenvalue weighted by Gasteiger charge is 2.17. The molecule has 10 aromatic rings. The van der Waals surface area contributed by atoms with Gasteiger partial charge in [0.05, 0.1) is 5.69 Å². The van der Waals surface area contributed by atoms with Gasteiger partial charge in [-0.15, -0.1) is 0 Å². The predicted molar refractivity (Wildman–Crippen MR) is 214 cm³/mol. The lowest BCUT2D eigenvalue weighted by molar-refractivity contribution is 1.36. The van der Waals surface area contributed by atoms with Crippen LogP contribution in [0, 0.1) is 0 Å². The maximum Gasteiger partial charge on any atom is 0.0708 e. The third-order valence-corrected chi connectivity index (χ3v) is 10.2. The van der Waals surface area contributed by atoms with Crippen molar-refractivity contribution in [2.24, 2.45) is 0 Å². The maximum absolute atomic E-state index is 5.11. The molecule has 0 saturated heterocycles. The predicted octanol–water partition coefficient (Wildman–Crippen LogP) is 13.5. The first-order valence-electron chi connectivity index (χ1n) is 17.2. The maximum atomic E-state index is 5.11. The van der Waals surface area contributed by atoms with Crippen LogP contribution >= 0.6 is 0 Å². The minimum Gasteiger partial charge on any atom is -0.256 e. The molecule has 0 N–H and O–H groups in total. The van der Waals surface area contributed by atoms with E-state index >= 15 is 0 Å². The quantitative estimate of drug-likeness (QED) is 0.176. The van der Waals surface area contributed by atoms with E-state index in [4.69, 9.17) is 4.98 Å². The summed E-state index contributed by atoms with van der Waals surface area (Å²) in [7, 11) is 0. The van der Waals surface area contributed by atoms with Crippen molar-refractivity contribution in [3.8, 4) is 44.6 Å². The zero-order valence-electron chi connectivity index (χ0n) is 27.3. The Kier molecular flexibility index (Phi) is 6.57. The molecule has 0 radical (unpaired) electrons. The topological polar surface area (TPSA) is 12.9 Å². The molecule has 0 fully saturated rings. The van der Waals surface area contributed by atoms with Gasteiger partial charge in [0.2, 0.25) is 0 Å². The molecule has 0 aliphatic carbocycles. The summed E-state index contributed by atoms with van der Waals surface area (Å²) in [6.07, 6.45) is 2.07. The normalized spacial score (nSPS) is 11.6. The molecule has 0 atom stereocenters. The number of pyridine rings is 1. The van der Waals surface area contributed by atoms with Gasteiger partial charge < -0.3 is 0 Å². The van der Waals surface area contributed by atoms with Gasteiger partial charge in [0.1, 0.15) is 0 Å². The SMILES string of the molecule is c1ccc(-c2cccc(-c3cc4c(-c5cc6ccccc6c6ccccc56)cc(-c5cc6ccccc6c6ccccc56)cc4cn3)c2)cc1. The van der Waals surface area contributed by atoms with Crippen LogP contribution in [0.2, 0.25) is 0 Å². The number of benzene rings is 9. The van der Waals surface area contributed by atoms with Crippen molar-refractivity contribution in [3.05, 3.63) is 188 Å². The van der Waals surface area contributed by atoms with Gasteiger partial charge in [-0.05, 0) is 118 Å². The summed E-state index contributed by atoms with van der Waals surface area (Å²) in [5.41, 5.74) is 9.30. The summed E-state index contributed by atoms with van der Waals surface area (Å²) in [5, 5.41) is 12.4. The highest BCUT2D eigenvalue weighted by Crippen LogP contribution is 2.43. The molecule has 9 aromatic carbocycles. The molecule has 1 aromatic heterocycles. The second-order valence-corrected chi connectivity index (χ2v) is 13.1. The van der Waals surface area contributed by atoms with E-state index in [2.05, 4.69) is 188 Å². The zero-order valence-corrected chi connectivity index (χ0v) is 27.3. The first-order valence-corrected chi connectivity index (χ1v) is 17.2. The standard InChI is InChI=1S/C49H31N/c1-2-13-32(14-3-1)33-17-12-18-36(25-33)49-30-46-38(31-50-49)26-37(45-27-34-15-4-6-19-39(34)41-21-8-10-23-43(41)45)29-48(46)47-28-35-16-5-7-20-40(35)42-22-9-11-24-44(42)47/h1-31H. The van der Waals surface area contributed by atoms with Crippen molar-refractivity contribution in [3.63, 3.8) is 0 Å². The van der Waals surface area contributed by atoms with Crippen molar-refractivity contribution in [1.82, 2.24) is 4.98 Å². The number of fused-ring (bicyclic) bond motifs is 7. The van der Waals surface area contributed by atoms with Gasteiger partial charge >= 0.3 is 0 Å². The van der Waals surface area contributed by atoms with Crippen LogP contribution in [-0.2, 0) is 0 Å². The van der Waals surface area contributed by atoms with Crippen molar-refractivity contribution in [2.75, 3.05) is 0 Å². The Morgan fingerprint density at radius 3 is 1.48 bits per heavy atom. The third kappa shape index (κ3) is 4.67. The van der Waals surface area contributed by atoms with E-state index in [1.807, 2.05) is 0 Å². The highest BCUT2D eigenvalue weighted by atomic mass is 14.7. The van der Waals surface area contributed by atoms with Crippen molar-refractivity contribution < 1.29 is 0 Å². The summed E-state index contributed by atoms with van der Waals surface area (Å²) in [5.74, 6) is 0. The van der Waals surface area contributed by atoms with Crippen molar-refractivity contribution >= 4 is 53.9 Å². The molecule has 0 aliphatic heterocycles. The van der Waals surface area contributed by atoms with Crippen molar-refractivity contribution in [1.29, 1.82) is 0 Å². The molecular weight excluding hydrogens is 603 g/mol. The fourth-order valence-electron chi connectivity index (χ4n) is 7.85. The van der Waals surface area contributed by atoms with Gasteiger partial charge in [-0.1, -0.05) is 146 Å². The Morgan fingerprint density at radius 2 is 0.780 bits per heavy atom. The average molecular weight is 634 g/mol. The fourth-order valence-corrected chi connectivity index (χ4v) is 7.85. The van der Waals surface area contributed by atoms with Gasteiger partial charge in [-0.2, -0.15) is 0 Å². The van der Waals surface area contributed by atoms with Crippen LogP contribution in [0.15, 0.2) is 188 Å². The number of hydrogen-bond acceptors (Lipinski definition) is 1. The Morgan fingerprint density at radius 1 is 0.260 bits per heavy atom. The average Bonchev–Trinajstić information content (AvgIpc) is 3.20. The molecular formula is C49H31N. The number of aromatic nitrogens is 1. The first kappa shape index (κ1) is 28.4. The van der Waals surface area contributed by atoms with Gasteiger partial charge in [-0.3, -0.25) is 4.98 Å². The van der Waals surface area contributed by atoms with Crippen LogP contribution in [0.25, 0.3) is 98.5 Å². The van der Waals surface area contributed by atoms with E-state index in [-0.39, 0.29) is 0 Å². The van der Waals surface area contributed by atoms with E-state index in [0.29, 0.717) is 0 Å². The minimum absolute atomic E-state index is 0.963. The van der Waals surface area contributed by atoms with Crippen LogP contribution in [0.3, 0.4) is 0 Å². The Labute approximate surface area is 290 Å². The lowest BCUT2D eigenvalue weighted by Crippen LogP contribution is -1.92. The Bertz CT molecular complexity index is 2920. The van der Waals surface area contributed by atoms with Gasteiger partial charge in [0.15, 0.2) is 0 Å². The monoisotopic (exact) mass is 633 g/mol. The molecule has 10 rings (SSSR count). The molecule has 1 heteroatoms. The molecule has 0 aliphatic rings. The van der Waals surface area contributed by atoms with Crippen LogP contribution in [0.1, 0.15) is 0 Å².